The summed E-state index contributed by atoms with van der Waals surface area (Å²) < 4.78 is 19.0. The number of nitrogens with one attached hydrogen (secondary N) is 1. The first kappa shape index (κ1) is 21.8. The van der Waals surface area contributed by atoms with Gasteiger partial charge >= 0.3 is 5.97 Å². The SMILES string of the molecule is CCC(=O)Nc1cncc(Oc2ccc3c(c2)c(COC(C)=O)nn3C2CCCCO2)c1. The number of pyridine rings is 1. The molecule has 1 aliphatic rings. The molecule has 2 aromatic heterocycles. The third kappa shape index (κ3) is 5.05. The summed E-state index contributed by atoms with van der Waals surface area (Å²) in [5, 5.41) is 8.28. The van der Waals surface area contributed by atoms with E-state index in [2.05, 4.69) is 15.4 Å². The van der Waals surface area contributed by atoms with E-state index in [4.69, 9.17) is 14.2 Å². The van der Waals surface area contributed by atoms with E-state index in [1.165, 1.54) is 6.92 Å². The monoisotopic (exact) mass is 438 g/mol. The molecule has 9 nitrogen and oxygen atoms in total. The molecule has 168 valence electrons. The first-order valence-electron chi connectivity index (χ1n) is 10.7. The van der Waals surface area contributed by atoms with Crippen LogP contribution in [0.5, 0.6) is 11.5 Å². The van der Waals surface area contributed by atoms with Gasteiger partial charge in [-0.3, -0.25) is 14.6 Å². The van der Waals surface area contributed by atoms with Crippen LogP contribution in [0.3, 0.4) is 0 Å². The predicted molar refractivity (Wildman–Crippen MR) is 117 cm³/mol. The lowest BCUT2D eigenvalue weighted by Gasteiger charge is -2.23. The van der Waals surface area contributed by atoms with Crippen LogP contribution in [-0.2, 0) is 25.7 Å². The van der Waals surface area contributed by atoms with Crippen LogP contribution in [0, 0.1) is 0 Å². The molecular weight excluding hydrogens is 412 g/mol. The van der Waals surface area contributed by atoms with Crippen LogP contribution in [0.4, 0.5) is 5.69 Å². The van der Waals surface area contributed by atoms with Crippen LogP contribution in [0.2, 0.25) is 0 Å². The van der Waals surface area contributed by atoms with Gasteiger partial charge in [0.15, 0.2) is 6.23 Å². The lowest BCUT2D eigenvalue weighted by molar-refractivity contribution is -0.142. The minimum atomic E-state index is -0.369. The van der Waals surface area contributed by atoms with E-state index < -0.39 is 0 Å². The average molecular weight is 438 g/mol. The van der Waals surface area contributed by atoms with Crippen LogP contribution >= 0.6 is 0 Å². The molecule has 1 aromatic carbocycles. The van der Waals surface area contributed by atoms with Gasteiger partial charge in [0, 0.05) is 31.4 Å². The number of ether oxygens (including phenoxy) is 3. The summed E-state index contributed by atoms with van der Waals surface area (Å²) >= 11 is 0. The van der Waals surface area contributed by atoms with E-state index in [1.54, 1.807) is 25.4 Å². The molecule has 0 bridgehead atoms. The number of hydrogen-bond donors (Lipinski definition) is 1. The van der Waals surface area contributed by atoms with Gasteiger partial charge in [0.1, 0.15) is 23.8 Å². The molecule has 1 saturated heterocycles. The molecule has 32 heavy (non-hydrogen) atoms. The summed E-state index contributed by atoms with van der Waals surface area (Å²) in [6.07, 6.45) is 6.36. The molecule has 1 fully saturated rings. The summed E-state index contributed by atoms with van der Waals surface area (Å²) in [4.78, 5) is 27.1. The maximum atomic E-state index is 11.6. The van der Waals surface area contributed by atoms with Crippen molar-refractivity contribution in [3.8, 4) is 11.5 Å². The summed E-state index contributed by atoms with van der Waals surface area (Å²) in [6, 6.07) is 7.33. The molecule has 0 aliphatic carbocycles. The van der Waals surface area contributed by atoms with Gasteiger partial charge in [-0.1, -0.05) is 6.92 Å². The molecule has 9 heteroatoms. The normalized spacial score (nSPS) is 16.0. The second-order valence-electron chi connectivity index (χ2n) is 7.58. The van der Waals surface area contributed by atoms with Gasteiger partial charge in [0.25, 0.3) is 0 Å². The second kappa shape index (κ2) is 9.78. The van der Waals surface area contributed by atoms with E-state index in [0.717, 1.165) is 30.2 Å². The Bertz CT molecular complexity index is 1120. The third-order valence-corrected chi connectivity index (χ3v) is 5.15. The Morgan fingerprint density at radius 1 is 1.22 bits per heavy atom. The van der Waals surface area contributed by atoms with E-state index in [1.807, 2.05) is 22.9 Å². The second-order valence-corrected chi connectivity index (χ2v) is 7.58. The number of benzene rings is 1. The molecular formula is C23H26N4O5. The zero-order valence-electron chi connectivity index (χ0n) is 18.2. The van der Waals surface area contributed by atoms with Crippen LogP contribution in [0.25, 0.3) is 10.9 Å². The number of fused-ring (bicyclic) bond motifs is 1. The summed E-state index contributed by atoms with van der Waals surface area (Å²) in [7, 11) is 0. The smallest absolute Gasteiger partial charge is 0.303 e. The van der Waals surface area contributed by atoms with Crippen molar-refractivity contribution in [2.75, 3.05) is 11.9 Å². The third-order valence-electron chi connectivity index (χ3n) is 5.15. The summed E-state index contributed by atoms with van der Waals surface area (Å²) in [6.45, 7) is 3.92. The zero-order valence-corrected chi connectivity index (χ0v) is 18.2. The molecule has 1 atom stereocenters. The minimum Gasteiger partial charge on any atom is -0.459 e. The highest BCUT2D eigenvalue weighted by Crippen LogP contribution is 2.32. The molecule has 1 unspecified atom stereocenters. The Morgan fingerprint density at radius 2 is 2.09 bits per heavy atom. The highest BCUT2D eigenvalue weighted by molar-refractivity contribution is 5.90. The van der Waals surface area contributed by atoms with E-state index in [-0.39, 0.29) is 24.7 Å². The number of aromatic nitrogens is 3. The first-order valence-corrected chi connectivity index (χ1v) is 10.7. The molecule has 1 N–H and O–H groups in total. The zero-order chi connectivity index (χ0) is 22.5. The summed E-state index contributed by atoms with van der Waals surface area (Å²) in [5.74, 6) is 0.595. The number of carbonyl (C=O) groups is 2. The fourth-order valence-electron chi connectivity index (χ4n) is 3.59. The van der Waals surface area contributed by atoms with Crippen molar-refractivity contribution < 1.29 is 23.8 Å². The molecule has 3 aromatic rings. The Labute approximate surface area is 185 Å². The van der Waals surface area contributed by atoms with Gasteiger partial charge < -0.3 is 19.5 Å². The molecule has 3 heterocycles. The number of esters is 1. The number of rotatable bonds is 7. The first-order chi connectivity index (χ1) is 15.5. The van der Waals surface area contributed by atoms with Crippen molar-refractivity contribution in [3.05, 3.63) is 42.4 Å². The molecule has 4 rings (SSSR count). The number of carbonyl (C=O) groups excluding carboxylic acids is 2. The maximum absolute atomic E-state index is 11.6. The van der Waals surface area contributed by atoms with Crippen LogP contribution in [0.15, 0.2) is 36.7 Å². The maximum Gasteiger partial charge on any atom is 0.303 e. The van der Waals surface area contributed by atoms with Gasteiger partial charge in [0.2, 0.25) is 5.91 Å². The molecule has 0 spiro atoms. The lowest BCUT2D eigenvalue weighted by atomic mass is 10.1. The number of nitrogens with zero attached hydrogens (tertiary/aromatic N) is 3. The topological polar surface area (TPSA) is 105 Å². The number of hydrogen-bond acceptors (Lipinski definition) is 7. The number of amides is 1. The Kier molecular flexibility index (Phi) is 6.65. The lowest BCUT2D eigenvalue weighted by Crippen LogP contribution is -2.19. The van der Waals surface area contributed by atoms with Crippen LogP contribution in [0.1, 0.15) is 51.5 Å². The van der Waals surface area contributed by atoms with Gasteiger partial charge in [-0.2, -0.15) is 5.10 Å². The van der Waals surface area contributed by atoms with Gasteiger partial charge in [0.05, 0.1) is 23.6 Å². The predicted octanol–water partition coefficient (Wildman–Crippen LogP) is 4.33. The van der Waals surface area contributed by atoms with E-state index in [0.29, 0.717) is 35.9 Å². The van der Waals surface area contributed by atoms with Crippen LogP contribution in [-0.4, -0.2) is 33.2 Å². The Morgan fingerprint density at radius 3 is 2.84 bits per heavy atom. The highest BCUT2D eigenvalue weighted by Gasteiger charge is 2.22. The van der Waals surface area contributed by atoms with E-state index in [9.17, 15) is 9.59 Å². The van der Waals surface area contributed by atoms with Crippen molar-refractivity contribution in [2.45, 2.75) is 52.4 Å². The Balaban J connectivity index is 1.63. The average Bonchev–Trinajstić information content (AvgIpc) is 3.16. The molecule has 1 aliphatic heterocycles. The van der Waals surface area contributed by atoms with Crippen molar-refractivity contribution in [2.24, 2.45) is 0 Å². The molecule has 0 radical (unpaired) electrons. The van der Waals surface area contributed by atoms with Gasteiger partial charge in [-0.15, -0.1) is 0 Å². The van der Waals surface area contributed by atoms with Crippen molar-refractivity contribution in [1.29, 1.82) is 0 Å². The standard InChI is InChI=1S/C23H26N4O5/c1-3-22(29)25-16-10-18(13-24-12-16)32-17-7-8-21-19(11-17)20(14-31-15(2)28)26-27(21)23-6-4-5-9-30-23/h7-8,10-13,23H,3-6,9,14H2,1-2H3,(H,25,29). The van der Waals surface area contributed by atoms with Crippen molar-refractivity contribution in [3.63, 3.8) is 0 Å². The molecule has 0 saturated carbocycles. The number of anilines is 1. The summed E-state index contributed by atoms with van der Waals surface area (Å²) in [5.41, 5.74) is 2.08. The Hall–Kier alpha value is -3.46. The van der Waals surface area contributed by atoms with Gasteiger partial charge in [-0.05, 0) is 37.5 Å². The highest BCUT2D eigenvalue weighted by atomic mass is 16.5. The van der Waals surface area contributed by atoms with Crippen molar-refractivity contribution >= 4 is 28.5 Å². The molecule has 1 amide bonds. The quantitative estimate of drug-likeness (QED) is 0.547. The fraction of sp³-hybridized carbons (Fsp3) is 0.391. The van der Waals surface area contributed by atoms with Crippen LogP contribution < -0.4 is 10.1 Å². The fourth-order valence-corrected chi connectivity index (χ4v) is 3.59. The largest absolute Gasteiger partial charge is 0.459 e. The van der Waals surface area contributed by atoms with Gasteiger partial charge in [-0.25, -0.2) is 4.68 Å². The van der Waals surface area contributed by atoms with Crippen molar-refractivity contribution in [1.82, 2.24) is 14.8 Å². The minimum absolute atomic E-state index is 0.0646. The van der Waals surface area contributed by atoms with E-state index >= 15 is 0 Å².